The molecule has 0 aromatic heterocycles. The van der Waals surface area contributed by atoms with E-state index < -0.39 is 0 Å². The van der Waals surface area contributed by atoms with Gasteiger partial charge in [0.2, 0.25) is 0 Å². The van der Waals surface area contributed by atoms with Crippen molar-refractivity contribution in [2.75, 3.05) is 12.4 Å². The highest BCUT2D eigenvalue weighted by atomic mass is 35.5. The molecule has 2 aromatic carbocycles. The lowest BCUT2D eigenvalue weighted by Gasteiger charge is -2.06. The van der Waals surface area contributed by atoms with Crippen LogP contribution in [0, 0.1) is 0 Å². The van der Waals surface area contributed by atoms with Crippen LogP contribution >= 0.6 is 23.4 Å². The van der Waals surface area contributed by atoms with E-state index >= 15 is 0 Å². The minimum absolute atomic E-state index is 0.680. The van der Waals surface area contributed by atoms with Crippen molar-refractivity contribution in [1.82, 2.24) is 0 Å². The van der Waals surface area contributed by atoms with Crippen LogP contribution in [0.5, 0.6) is 5.75 Å². The molecule has 0 amide bonds. The van der Waals surface area contributed by atoms with E-state index in [-0.39, 0.29) is 0 Å². The minimum Gasteiger partial charge on any atom is -0.493 e. The average molecular weight is 265 g/mol. The lowest BCUT2D eigenvalue weighted by Crippen LogP contribution is -1.99. The van der Waals surface area contributed by atoms with Crippen LogP contribution in [0.4, 0.5) is 0 Å². The first-order valence-electron chi connectivity index (χ1n) is 5.41. The average Bonchev–Trinajstić information content (AvgIpc) is 2.36. The highest BCUT2D eigenvalue weighted by Gasteiger charge is 1.96. The van der Waals surface area contributed by atoms with Gasteiger partial charge < -0.3 is 4.74 Å². The quantitative estimate of drug-likeness (QED) is 0.580. The fraction of sp³-hybridized carbons (Fsp3) is 0.143. The molecule has 0 aliphatic rings. The van der Waals surface area contributed by atoms with E-state index in [0.717, 1.165) is 11.5 Å². The molecule has 3 heteroatoms. The number of rotatable bonds is 5. The van der Waals surface area contributed by atoms with Crippen LogP contribution in [0.25, 0.3) is 0 Å². The van der Waals surface area contributed by atoms with Gasteiger partial charge in [-0.05, 0) is 30.3 Å². The van der Waals surface area contributed by atoms with E-state index in [4.69, 9.17) is 16.3 Å². The predicted octanol–water partition coefficient (Wildman–Crippen LogP) is 4.51. The summed E-state index contributed by atoms with van der Waals surface area (Å²) in [6.07, 6.45) is 0. The van der Waals surface area contributed by atoms with Crippen molar-refractivity contribution >= 4 is 23.4 Å². The Hall–Kier alpha value is -1.12. The summed E-state index contributed by atoms with van der Waals surface area (Å²) in [5.74, 6) is 1.75. The molecule has 1 nitrogen and oxygen atoms in total. The second-order valence-electron chi connectivity index (χ2n) is 3.47. The topological polar surface area (TPSA) is 9.23 Å². The van der Waals surface area contributed by atoms with E-state index in [1.54, 1.807) is 11.8 Å². The zero-order valence-corrected chi connectivity index (χ0v) is 10.9. The van der Waals surface area contributed by atoms with Crippen LogP contribution in [0.2, 0.25) is 5.02 Å². The molecule has 0 spiro atoms. The van der Waals surface area contributed by atoms with Crippen molar-refractivity contribution in [1.29, 1.82) is 0 Å². The lowest BCUT2D eigenvalue weighted by atomic mass is 10.3. The fourth-order valence-corrected chi connectivity index (χ4v) is 2.32. The van der Waals surface area contributed by atoms with E-state index in [1.165, 1.54) is 4.90 Å². The molecule has 0 aliphatic heterocycles. The molecular formula is C14H13ClOS. The zero-order valence-electron chi connectivity index (χ0n) is 9.30. The van der Waals surface area contributed by atoms with Gasteiger partial charge in [-0.2, -0.15) is 0 Å². The highest BCUT2D eigenvalue weighted by Crippen LogP contribution is 2.19. The number of benzene rings is 2. The summed E-state index contributed by atoms with van der Waals surface area (Å²) in [5, 5.41) is 0.707. The Morgan fingerprint density at radius 2 is 1.82 bits per heavy atom. The van der Waals surface area contributed by atoms with Gasteiger partial charge in [-0.3, -0.25) is 0 Å². The van der Waals surface area contributed by atoms with Crippen molar-refractivity contribution in [3.05, 3.63) is 59.6 Å². The minimum atomic E-state index is 0.680. The molecule has 2 aromatic rings. The molecule has 0 N–H and O–H groups in total. The lowest BCUT2D eigenvalue weighted by molar-refractivity contribution is 0.344. The van der Waals surface area contributed by atoms with Gasteiger partial charge in [-0.25, -0.2) is 0 Å². The number of ether oxygens (including phenoxy) is 1. The smallest absolute Gasteiger partial charge is 0.120 e. The summed E-state index contributed by atoms with van der Waals surface area (Å²) in [6, 6.07) is 17.8. The normalized spacial score (nSPS) is 10.2. The van der Waals surface area contributed by atoms with Crippen molar-refractivity contribution in [3.8, 4) is 5.75 Å². The Kier molecular flexibility index (Phi) is 4.77. The Morgan fingerprint density at radius 3 is 2.59 bits per heavy atom. The molecule has 0 saturated carbocycles. The van der Waals surface area contributed by atoms with E-state index in [9.17, 15) is 0 Å². The van der Waals surface area contributed by atoms with Crippen molar-refractivity contribution in [2.24, 2.45) is 0 Å². The molecule has 88 valence electrons. The molecule has 0 atom stereocenters. The van der Waals surface area contributed by atoms with Crippen molar-refractivity contribution in [3.63, 3.8) is 0 Å². The monoisotopic (exact) mass is 264 g/mol. The van der Waals surface area contributed by atoms with Crippen LogP contribution in [0.15, 0.2) is 59.5 Å². The summed E-state index contributed by atoms with van der Waals surface area (Å²) >= 11 is 7.65. The van der Waals surface area contributed by atoms with E-state index in [2.05, 4.69) is 12.1 Å². The van der Waals surface area contributed by atoms with Gasteiger partial charge in [0.25, 0.3) is 0 Å². The molecule has 2 rings (SSSR count). The number of hydrogen-bond acceptors (Lipinski definition) is 2. The van der Waals surface area contributed by atoms with Crippen LogP contribution < -0.4 is 4.74 Å². The Balaban J connectivity index is 1.73. The summed E-state index contributed by atoms with van der Waals surface area (Å²) < 4.78 is 5.60. The Morgan fingerprint density at radius 1 is 1.00 bits per heavy atom. The maximum Gasteiger partial charge on any atom is 0.120 e. The molecule has 0 heterocycles. The third-order valence-electron chi connectivity index (χ3n) is 2.16. The van der Waals surface area contributed by atoms with E-state index in [1.807, 2.05) is 42.5 Å². The molecule has 17 heavy (non-hydrogen) atoms. The maximum atomic E-state index is 5.87. The van der Waals surface area contributed by atoms with Gasteiger partial charge in [0.05, 0.1) is 6.61 Å². The Labute approximate surface area is 111 Å². The standard InChI is InChI=1S/C14H13ClOS/c15-12-5-4-6-13(11-12)16-9-10-17-14-7-2-1-3-8-14/h1-8,11H,9-10H2. The predicted molar refractivity (Wildman–Crippen MR) is 74.1 cm³/mol. The fourth-order valence-electron chi connectivity index (χ4n) is 1.39. The highest BCUT2D eigenvalue weighted by molar-refractivity contribution is 7.99. The molecule has 0 fully saturated rings. The van der Waals surface area contributed by atoms with Crippen molar-refractivity contribution in [2.45, 2.75) is 4.90 Å². The first kappa shape index (κ1) is 12.3. The summed E-state index contributed by atoms with van der Waals surface area (Å²) in [6.45, 7) is 0.680. The largest absolute Gasteiger partial charge is 0.493 e. The van der Waals surface area contributed by atoms with Crippen LogP contribution in [-0.2, 0) is 0 Å². The first-order chi connectivity index (χ1) is 8.34. The van der Waals surface area contributed by atoms with Gasteiger partial charge >= 0.3 is 0 Å². The van der Waals surface area contributed by atoms with Gasteiger partial charge in [-0.15, -0.1) is 11.8 Å². The number of halogens is 1. The molecule has 0 bridgehead atoms. The van der Waals surface area contributed by atoms with Gasteiger partial charge in [0, 0.05) is 15.7 Å². The van der Waals surface area contributed by atoms with E-state index in [0.29, 0.717) is 11.6 Å². The van der Waals surface area contributed by atoms with Crippen molar-refractivity contribution < 1.29 is 4.74 Å². The zero-order chi connectivity index (χ0) is 11.9. The number of hydrogen-bond donors (Lipinski definition) is 0. The third kappa shape index (κ3) is 4.33. The van der Waals surface area contributed by atoms with Crippen LogP contribution in [0.1, 0.15) is 0 Å². The van der Waals surface area contributed by atoms with Crippen LogP contribution in [-0.4, -0.2) is 12.4 Å². The Bertz CT molecular complexity index is 459. The molecule has 0 saturated heterocycles. The maximum absolute atomic E-state index is 5.87. The summed E-state index contributed by atoms with van der Waals surface area (Å²) in [7, 11) is 0. The molecule has 0 aliphatic carbocycles. The van der Waals surface area contributed by atoms with Gasteiger partial charge in [0.15, 0.2) is 0 Å². The summed E-state index contributed by atoms with van der Waals surface area (Å²) in [4.78, 5) is 1.27. The summed E-state index contributed by atoms with van der Waals surface area (Å²) in [5.41, 5.74) is 0. The van der Waals surface area contributed by atoms with Gasteiger partial charge in [0.1, 0.15) is 5.75 Å². The molecule has 0 radical (unpaired) electrons. The number of thioether (sulfide) groups is 1. The third-order valence-corrected chi connectivity index (χ3v) is 3.37. The molecule has 0 unspecified atom stereocenters. The first-order valence-corrected chi connectivity index (χ1v) is 6.77. The molecular weight excluding hydrogens is 252 g/mol. The van der Waals surface area contributed by atoms with Gasteiger partial charge in [-0.1, -0.05) is 35.9 Å². The SMILES string of the molecule is Clc1cccc(OCCSc2ccccc2)c1. The second kappa shape index (κ2) is 6.58. The second-order valence-corrected chi connectivity index (χ2v) is 5.07. The van der Waals surface area contributed by atoms with Crippen LogP contribution in [0.3, 0.4) is 0 Å².